The Kier molecular flexibility index (Phi) is 5.65. The number of ketones is 1. The largest absolute Gasteiger partial charge is 0.378 e. The maximum absolute atomic E-state index is 14.9. The molecule has 4 fully saturated rings. The highest BCUT2D eigenvalue weighted by Crippen LogP contribution is 2.62. The Bertz CT molecular complexity index is 1240. The highest BCUT2D eigenvalue weighted by atomic mass is 32.2. The molecule has 0 N–H and O–H groups in total. The van der Waals surface area contributed by atoms with E-state index in [0.29, 0.717) is 36.3 Å². The zero-order chi connectivity index (χ0) is 24.4. The minimum Gasteiger partial charge on any atom is -0.378 e. The molecule has 4 aliphatic carbocycles. The van der Waals surface area contributed by atoms with Gasteiger partial charge in [-0.25, -0.2) is 9.37 Å². The van der Waals surface area contributed by atoms with Gasteiger partial charge in [-0.15, -0.1) is 0 Å². The number of rotatable bonds is 9. The van der Waals surface area contributed by atoms with E-state index in [4.69, 9.17) is 8.92 Å². The average molecular weight is 503 g/mol. The first kappa shape index (κ1) is 23.3. The number of ether oxygens (including phenoxy) is 1. The van der Waals surface area contributed by atoms with Gasteiger partial charge in [-0.05, 0) is 62.3 Å². The lowest BCUT2D eigenvalue weighted by atomic mass is 9.47. The van der Waals surface area contributed by atoms with Crippen molar-refractivity contribution >= 4 is 15.9 Å². The molecule has 1 aromatic heterocycles. The van der Waals surface area contributed by atoms with E-state index in [1.54, 1.807) is 18.6 Å². The zero-order valence-electron chi connectivity index (χ0n) is 19.9. The minimum absolute atomic E-state index is 0.121. The molecule has 35 heavy (non-hydrogen) atoms. The number of hydrogen-bond donors (Lipinski definition) is 0. The summed E-state index contributed by atoms with van der Waals surface area (Å²) < 4.78 is 50.2. The van der Waals surface area contributed by atoms with E-state index in [9.17, 15) is 17.6 Å². The Morgan fingerprint density at radius 2 is 1.97 bits per heavy atom. The van der Waals surface area contributed by atoms with Gasteiger partial charge in [-0.3, -0.25) is 8.98 Å². The molecule has 1 aliphatic heterocycles. The molecule has 3 atom stereocenters. The highest BCUT2D eigenvalue weighted by Gasteiger charge is 2.58. The van der Waals surface area contributed by atoms with Crippen LogP contribution in [0.5, 0.6) is 0 Å². The molecule has 0 radical (unpaired) electrons. The summed E-state index contributed by atoms with van der Waals surface area (Å²) in [4.78, 5) is 18.2. The zero-order valence-corrected chi connectivity index (χ0v) is 20.7. The summed E-state index contributed by atoms with van der Waals surface area (Å²) in [7, 11) is -3.43. The number of aromatic nitrogens is 2. The van der Waals surface area contributed by atoms with Crippen molar-refractivity contribution in [3.63, 3.8) is 0 Å². The van der Waals surface area contributed by atoms with Crippen molar-refractivity contribution in [1.29, 1.82) is 0 Å². The van der Waals surface area contributed by atoms with Crippen molar-refractivity contribution in [2.45, 2.75) is 57.1 Å². The summed E-state index contributed by atoms with van der Waals surface area (Å²) in [5.41, 5.74) is 1.97. The lowest BCUT2D eigenvalue weighted by Gasteiger charge is -2.59. The first-order chi connectivity index (χ1) is 16.7. The fourth-order valence-corrected chi connectivity index (χ4v) is 8.09. The van der Waals surface area contributed by atoms with Crippen LogP contribution in [0.2, 0.25) is 0 Å². The summed E-state index contributed by atoms with van der Waals surface area (Å²) in [6.07, 6.45) is 10.2. The van der Waals surface area contributed by atoms with Crippen molar-refractivity contribution in [3.8, 4) is 11.3 Å². The molecule has 4 saturated carbocycles. The van der Waals surface area contributed by atoms with E-state index in [-0.39, 0.29) is 42.2 Å². The number of nitrogens with zero attached hydrogens (tertiary/aromatic N) is 2. The van der Waals surface area contributed by atoms with Crippen molar-refractivity contribution in [2.24, 2.45) is 23.2 Å². The quantitative estimate of drug-likeness (QED) is 0.379. The van der Waals surface area contributed by atoms with Crippen LogP contribution in [-0.2, 0) is 23.8 Å². The van der Waals surface area contributed by atoms with Crippen molar-refractivity contribution in [2.75, 3.05) is 19.5 Å². The van der Waals surface area contributed by atoms with E-state index in [1.165, 1.54) is 6.07 Å². The van der Waals surface area contributed by atoms with Gasteiger partial charge in [0.25, 0.3) is 10.1 Å². The maximum atomic E-state index is 14.9. The van der Waals surface area contributed by atoms with Gasteiger partial charge in [0.1, 0.15) is 11.6 Å². The Morgan fingerprint density at radius 3 is 2.71 bits per heavy atom. The summed E-state index contributed by atoms with van der Waals surface area (Å²) in [5.74, 6) is 1.22. The number of halogens is 1. The van der Waals surface area contributed by atoms with Crippen LogP contribution in [0.25, 0.3) is 11.3 Å². The third kappa shape index (κ3) is 4.05. The van der Waals surface area contributed by atoms with E-state index < -0.39 is 10.1 Å². The van der Waals surface area contributed by atoms with Crippen LogP contribution >= 0.6 is 0 Å². The summed E-state index contributed by atoms with van der Waals surface area (Å²) >= 11 is 0. The van der Waals surface area contributed by atoms with Gasteiger partial charge in [-0.1, -0.05) is 12.1 Å². The lowest BCUT2D eigenvalue weighted by molar-refractivity contribution is -0.172. The Hall–Kier alpha value is -2.10. The molecule has 7 nitrogen and oxygen atoms in total. The predicted molar refractivity (Wildman–Crippen MR) is 127 cm³/mol. The van der Waals surface area contributed by atoms with E-state index in [1.807, 2.05) is 10.6 Å². The minimum atomic E-state index is -3.43. The molecule has 0 spiro atoms. The SMILES string of the molecule is CS(=O)(=O)OCCCOC1C2CC3CC1CC(C(=O)CC1c4c(F)cccc4-c4cncn41)(C3)C2. The number of hydrogen-bond acceptors (Lipinski definition) is 6. The van der Waals surface area contributed by atoms with Crippen molar-refractivity contribution < 1.29 is 26.5 Å². The van der Waals surface area contributed by atoms with Gasteiger partial charge in [0.05, 0.1) is 43.2 Å². The molecule has 5 aliphatic rings. The fourth-order valence-electron chi connectivity index (χ4n) is 7.67. The smallest absolute Gasteiger partial charge is 0.264 e. The van der Waals surface area contributed by atoms with Crippen LogP contribution in [-0.4, -0.2) is 49.3 Å². The number of carbonyl (C=O) groups excluding carboxylic acids is 1. The fraction of sp³-hybridized carbons (Fsp3) is 0.615. The van der Waals surface area contributed by atoms with Gasteiger partial charge in [0.2, 0.25) is 0 Å². The van der Waals surface area contributed by atoms with E-state index in [0.717, 1.165) is 49.6 Å². The molecule has 7 rings (SSSR count). The normalized spacial score (nSPS) is 32.6. The van der Waals surface area contributed by atoms with Crippen molar-refractivity contribution in [3.05, 3.63) is 42.1 Å². The van der Waals surface area contributed by atoms with Crippen LogP contribution in [0.4, 0.5) is 4.39 Å². The summed E-state index contributed by atoms with van der Waals surface area (Å²) in [6, 6.07) is 4.75. The van der Waals surface area contributed by atoms with Gasteiger partial charge < -0.3 is 9.30 Å². The number of imidazole rings is 1. The number of fused-ring (bicyclic) bond motifs is 3. The van der Waals surface area contributed by atoms with Crippen LogP contribution < -0.4 is 0 Å². The Balaban J connectivity index is 1.15. The second-order valence-electron chi connectivity index (χ2n) is 11.0. The molecule has 4 bridgehead atoms. The first-order valence-corrected chi connectivity index (χ1v) is 14.4. The standard InChI is InChI=1S/C26H31FN2O5S/c1-35(31,32)34-7-3-6-33-25-17-8-16-9-18(25)13-26(11-16,12-17)23(30)10-21-24-19(4-2-5-20(24)27)22-14-28-15-29(21)22/h2,4-5,14-18,21,25H,3,6-13H2,1H3. The molecule has 1 aromatic carbocycles. The third-order valence-electron chi connectivity index (χ3n) is 8.72. The highest BCUT2D eigenvalue weighted by molar-refractivity contribution is 7.85. The molecule has 3 unspecified atom stereocenters. The second kappa shape index (κ2) is 8.49. The monoisotopic (exact) mass is 502 g/mol. The molecular formula is C26H31FN2O5S. The van der Waals surface area contributed by atoms with Crippen LogP contribution in [0.15, 0.2) is 30.7 Å². The number of benzene rings is 1. The number of Topliss-reactive ketones (excluding diaryl/α,β-unsaturated/α-hetero) is 1. The first-order valence-electron chi connectivity index (χ1n) is 12.5. The molecule has 9 heteroatoms. The molecule has 2 aromatic rings. The maximum Gasteiger partial charge on any atom is 0.264 e. The molecular weight excluding hydrogens is 471 g/mol. The van der Waals surface area contributed by atoms with Crippen LogP contribution in [0.1, 0.15) is 56.6 Å². The van der Waals surface area contributed by atoms with Crippen molar-refractivity contribution in [1.82, 2.24) is 9.55 Å². The van der Waals surface area contributed by atoms with Crippen LogP contribution in [0.3, 0.4) is 0 Å². The third-order valence-corrected chi connectivity index (χ3v) is 9.31. The van der Waals surface area contributed by atoms with Gasteiger partial charge in [-0.2, -0.15) is 8.42 Å². The van der Waals surface area contributed by atoms with Gasteiger partial charge >= 0.3 is 0 Å². The molecule has 188 valence electrons. The lowest BCUT2D eigenvalue weighted by Crippen LogP contribution is -2.57. The summed E-state index contributed by atoms with van der Waals surface area (Å²) in [6.45, 7) is 0.585. The Labute approximate surface area is 205 Å². The van der Waals surface area contributed by atoms with E-state index >= 15 is 0 Å². The van der Waals surface area contributed by atoms with Gasteiger partial charge in [0.15, 0.2) is 0 Å². The molecule has 0 saturated heterocycles. The predicted octanol–water partition coefficient (Wildman–Crippen LogP) is 4.13. The number of carbonyl (C=O) groups is 1. The van der Waals surface area contributed by atoms with E-state index in [2.05, 4.69) is 4.98 Å². The summed E-state index contributed by atoms with van der Waals surface area (Å²) in [5, 5.41) is 0. The average Bonchev–Trinajstić information content (AvgIpc) is 3.37. The topological polar surface area (TPSA) is 87.5 Å². The second-order valence-corrected chi connectivity index (χ2v) is 12.6. The van der Waals surface area contributed by atoms with Gasteiger partial charge in [0, 0.05) is 29.6 Å². The Morgan fingerprint density at radius 1 is 1.20 bits per heavy atom. The van der Waals surface area contributed by atoms with Crippen LogP contribution in [0, 0.1) is 29.0 Å². The molecule has 2 heterocycles. The molecule has 0 amide bonds.